The molecule has 0 aliphatic carbocycles. The highest BCUT2D eigenvalue weighted by atomic mass is 79.9. The molecule has 1 aliphatic heterocycles. The van der Waals surface area contributed by atoms with E-state index in [1.165, 1.54) is 17.0 Å². The number of alkyl halides is 3. The Morgan fingerprint density at radius 2 is 1.81 bits per heavy atom. The van der Waals surface area contributed by atoms with Gasteiger partial charge in [-0.25, -0.2) is 0 Å². The van der Waals surface area contributed by atoms with Crippen molar-refractivity contribution in [2.75, 3.05) is 11.5 Å². The Morgan fingerprint density at radius 3 is 2.50 bits per heavy atom. The number of carbonyl (C=O) groups is 1. The molecule has 0 saturated heterocycles. The molecule has 1 aromatic heterocycles. The summed E-state index contributed by atoms with van der Waals surface area (Å²) in [5.41, 5.74) is -0.595. The van der Waals surface area contributed by atoms with Gasteiger partial charge in [0, 0.05) is 10.2 Å². The minimum absolute atomic E-state index is 0.0113. The summed E-state index contributed by atoms with van der Waals surface area (Å²) in [6.07, 6.45) is -3.02. The zero-order valence-electron chi connectivity index (χ0n) is 18.5. The summed E-state index contributed by atoms with van der Waals surface area (Å²) in [5, 5.41) is 0.248. The Hall–Kier alpha value is -3.85. The number of hydrogen-bond donors (Lipinski definition) is 0. The normalized spacial score (nSPS) is 15.3. The first-order chi connectivity index (χ1) is 17.2. The smallest absolute Gasteiger partial charge is 0.416 e. The van der Waals surface area contributed by atoms with Crippen LogP contribution in [0.15, 0.2) is 93.1 Å². The quantitative estimate of drug-likeness (QED) is 0.251. The lowest BCUT2D eigenvalue weighted by Crippen LogP contribution is -2.29. The SMILES string of the molecule is C=CCOc1ccc(C2c3c(oc4ccc(Br)cc4c3=O)C(=O)N2c2cccc(C(F)(F)F)c2)cc1. The lowest BCUT2D eigenvalue weighted by molar-refractivity contribution is -0.137. The van der Waals surface area contributed by atoms with E-state index in [1.54, 1.807) is 48.5 Å². The van der Waals surface area contributed by atoms with Crippen molar-refractivity contribution in [1.82, 2.24) is 0 Å². The molecule has 9 heteroatoms. The molecule has 0 bridgehead atoms. The van der Waals surface area contributed by atoms with Crippen LogP contribution < -0.4 is 15.1 Å². The largest absolute Gasteiger partial charge is 0.490 e. The number of rotatable bonds is 5. The molecular formula is C27H17BrF3NO4. The molecule has 0 saturated carbocycles. The molecule has 1 atom stereocenters. The molecule has 1 amide bonds. The molecule has 0 spiro atoms. The maximum absolute atomic E-state index is 13.6. The van der Waals surface area contributed by atoms with Gasteiger partial charge in [-0.05, 0) is 54.1 Å². The van der Waals surface area contributed by atoms with Crippen LogP contribution in [-0.2, 0) is 6.18 Å². The molecule has 0 fully saturated rings. The van der Waals surface area contributed by atoms with E-state index >= 15 is 0 Å². The minimum Gasteiger partial charge on any atom is -0.490 e. The number of carbonyl (C=O) groups excluding carboxylic acids is 1. The van der Waals surface area contributed by atoms with Crippen molar-refractivity contribution in [2.24, 2.45) is 0 Å². The zero-order chi connectivity index (χ0) is 25.6. The topological polar surface area (TPSA) is 59.8 Å². The van der Waals surface area contributed by atoms with Crippen LogP contribution in [0.3, 0.4) is 0 Å². The van der Waals surface area contributed by atoms with Gasteiger partial charge in [0.25, 0.3) is 5.91 Å². The van der Waals surface area contributed by atoms with Crippen LogP contribution in [0.1, 0.15) is 33.3 Å². The molecule has 1 unspecified atom stereocenters. The highest BCUT2D eigenvalue weighted by Gasteiger charge is 2.44. The molecule has 0 radical (unpaired) electrons. The summed E-state index contributed by atoms with van der Waals surface area (Å²) < 4.78 is 52.4. The average Bonchev–Trinajstić information content (AvgIpc) is 3.15. The van der Waals surface area contributed by atoms with Gasteiger partial charge in [0.15, 0.2) is 5.43 Å². The van der Waals surface area contributed by atoms with Gasteiger partial charge in [-0.15, -0.1) is 0 Å². The molecule has 3 aromatic carbocycles. The Kier molecular flexibility index (Phi) is 5.96. The van der Waals surface area contributed by atoms with E-state index in [-0.39, 0.29) is 34.6 Å². The third-order valence-electron chi connectivity index (χ3n) is 5.85. The second kappa shape index (κ2) is 8.98. The molecular weight excluding hydrogens is 539 g/mol. The third kappa shape index (κ3) is 4.09. The molecule has 4 aromatic rings. The highest BCUT2D eigenvalue weighted by molar-refractivity contribution is 9.10. The van der Waals surface area contributed by atoms with Gasteiger partial charge in [0.05, 0.1) is 22.6 Å². The number of benzene rings is 3. The molecule has 5 nitrogen and oxygen atoms in total. The van der Waals surface area contributed by atoms with Gasteiger partial charge in [0.2, 0.25) is 5.76 Å². The number of amides is 1. The monoisotopic (exact) mass is 555 g/mol. The lowest BCUT2D eigenvalue weighted by Gasteiger charge is -2.26. The molecule has 2 heterocycles. The number of halogens is 4. The van der Waals surface area contributed by atoms with Gasteiger partial charge in [-0.1, -0.05) is 46.8 Å². The molecule has 1 aliphatic rings. The summed E-state index contributed by atoms with van der Waals surface area (Å²) in [6.45, 7) is 3.88. The number of nitrogens with zero attached hydrogens (tertiary/aromatic N) is 1. The van der Waals surface area contributed by atoms with E-state index in [9.17, 15) is 22.8 Å². The Bertz CT molecular complexity index is 1560. The summed E-state index contributed by atoms with van der Waals surface area (Å²) in [5.74, 6) is -0.379. The van der Waals surface area contributed by atoms with Gasteiger partial charge >= 0.3 is 6.18 Å². The lowest BCUT2D eigenvalue weighted by atomic mass is 9.98. The van der Waals surface area contributed by atoms with E-state index in [1.807, 2.05) is 0 Å². The predicted octanol–water partition coefficient (Wildman–Crippen LogP) is 6.89. The molecule has 182 valence electrons. The van der Waals surface area contributed by atoms with Crippen LogP contribution in [0.25, 0.3) is 11.0 Å². The van der Waals surface area contributed by atoms with Gasteiger partial charge < -0.3 is 9.15 Å². The fraction of sp³-hybridized carbons (Fsp3) is 0.111. The Balaban J connectivity index is 1.73. The predicted molar refractivity (Wildman–Crippen MR) is 132 cm³/mol. The van der Waals surface area contributed by atoms with Crippen LogP contribution in [-0.4, -0.2) is 12.5 Å². The van der Waals surface area contributed by atoms with E-state index in [4.69, 9.17) is 9.15 Å². The molecule has 0 N–H and O–H groups in total. The fourth-order valence-corrected chi connectivity index (χ4v) is 4.62. The van der Waals surface area contributed by atoms with Gasteiger partial charge in [0.1, 0.15) is 17.9 Å². The van der Waals surface area contributed by atoms with Crippen LogP contribution in [0.5, 0.6) is 5.75 Å². The van der Waals surface area contributed by atoms with Crippen LogP contribution in [0.4, 0.5) is 18.9 Å². The first-order valence-corrected chi connectivity index (χ1v) is 11.6. The highest BCUT2D eigenvalue weighted by Crippen LogP contribution is 2.43. The summed E-state index contributed by atoms with van der Waals surface area (Å²) >= 11 is 3.34. The first kappa shape index (κ1) is 23.9. The minimum atomic E-state index is -4.61. The summed E-state index contributed by atoms with van der Waals surface area (Å²) in [6, 6.07) is 14.9. The standard InChI is InChI=1S/C27H17BrF3NO4/c1-2-12-35-19-9-6-15(7-10-19)23-22-24(33)20-14-17(28)8-11-21(20)36-25(22)26(34)32(23)18-5-3-4-16(13-18)27(29,30)31/h2-11,13-14,23H,1,12H2. The fourth-order valence-electron chi connectivity index (χ4n) is 4.26. The average molecular weight is 556 g/mol. The third-order valence-corrected chi connectivity index (χ3v) is 6.34. The van der Waals surface area contributed by atoms with Crippen molar-refractivity contribution in [3.05, 3.63) is 117 Å². The van der Waals surface area contributed by atoms with E-state index < -0.39 is 29.1 Å². The van der Waals surface area contributed by atoms with E-state index in [0.717, 1.165) is 12.1 Å². The Labute approximate surface area is 211 Å². The Morgan fingerprint density at radius 1 is 1.06 bits per heavy atom. The summed E-state index contributed by atoms with van der Waals surface area (Å²) in [7, 11) is 0. The zero-order valence-corrected chi connectivity index (χ0v) is 20.1. The van der Waals surface area contributed by atoms with E-state index in [2.05, 4.69) is 22.5 Å². The first-order valence-electron chi connectivity index (χ1n) is 10.8. The van der Waals surface area contributed by atoms with Crippen molar-refractivity contribution in [2.45, 2.75) is 12.2 Å². The molecule has 36 heavy (non-hydrogen) atoms. The second-order valence-electron chi connectivity index (χ2n) is 8.11. The van der Waals surface area contributed by atoms with Crippen molar-refractivity contribution in [3.8, 4) is 5.75 Å². The van der Waals surface area contributed by atoms with Crippen LogP contribution in [0, 0.1) is 0 Å². The number of ether oxygens (including phenoxy) is 1. The maximum atomic E-state index is 13.6. The van der Waals surface area contributed by atoms with Crippen molar-refractivity contribution in [3.63, 3.8) is 0 Å². The second-order valence-corrected chi connectivity index (χ2v) is 9.02. The van der Waals surface area contributed by atoms with E-state index in [0.29, 0.717) is 15.8 Å². The maximum Gasteiger partial charge on any atom is 0.416 e. The number of fused-ring (bicyclic) bond motifs is 2. The van der Waals surface area contributed by atoms with Crippen molar-refractivity contribution in [1.29, 1.82) is 0 Å². The number of hydrogen-bond acceptors (Lipinski definition) is 4. The van der Waals surface area contributed by atoms with Gasteiger partial charge in [-0.2, -0.15) is 13.2 Å². The number of anilines is 1. The van der Waals surface area contributed by atoms with Crippen LogP contribution >= 0.6 is 15.9 Å². The van der Waals surface area contributed by atoms with Crippen molar-refractivity contribution < 1.29 is 27.1 Å². The van der Waals surface area contributed by atoms with Crippen molar-refractivity contribution >= 4 is 38.5 Å². The molecule has 5 rings (SSSR count). The van der Waals surface area contributed by atoms with Gasteiger partial charge in [-0.3, -0.25) is 14.5 Å². The summed E-state index contributed by atoms with van der Waals surface area (Å²) in [4.78, 5) is 28.4. The van der Waals surface area contributed by atoms with Crippen LogP contribution in [0.2, 0.25) is 0 Å².